The molecule has 1 N–H and O–H groups in total. The topological polar surface area (TPSA) is 68.0 Å². The fourth-order valence-electron chi connectivity index (χ4n) is 1.12. The summed E-state index contributed by atoms with van der Waals surface area (Å²) in [5.74, 6) is -1.04. The smallest absolute Gasteiger partial charge is 0.354 e. The fourth-order valence-corrected chi connectivity index (χ4v) is 1.51. The van der Waals surface area contributed by atoms with E-state index in [-0.39, 0.29) is 5.69 Å². The summed E-state index contributed by atoms with van der Waals surface area (Å²) in [7, 11) is 0. The number of aromatic carboxylic acids is 1. The van der Waals surface area contributed by atoms with Gasteiger partial charge in [0, 0.05) is 12.4 Å². The first-order valence-corrected chi connectivity index (χ1v) is 5.14. The van der Waals surface area contributed by atoms with E-state index in [1.807, 2.05) is 6.20 Å². The SMILES string of the molecule is O=C(O)c1cc(-n2cc(I)cn2)ccn1. The minimum absolute atomic E-state index is 0.0120. The second-order valence-electron chi connectivity index (χ2n) is 2.81. The molecule has 2 heterocycles. The molecule has 0 spiro atoms. The van der Waals surface area contributed by atoms with Crippen LogP contribution in [0.15, 0.2) is 30.7 Å². The van der Waals surface area contributed by atoms with Gasteiger partial charge in [-0.3, -0.25) is 0 Å². The summed E-state index contributed by atoms with van der Waals surface area (Å²) in [5.41, 5.74) is 0.698. The molecule has 0 aliphatic heterocycles. The average molecular weight is 315 g/mol. The Kier molecular flexibility index (Phi) is 2.67. The first-order valence-electron chi connectivity index (χ1n) is 4.07. The molecule has 6 heteroatoms. The number of rotatable bonds is 2. The number of hydrogen-bond donors (Lipinski definition) is 1. The maximum Gasteiger partial charge on any atom is 0.354 e. The maximum atomic E-state index is 10.7. The van der Waals surface area contributed by atoms with Gasteiger partial charge < -0.3 is 5.11 Å². The number of carbonyl (C=O) groups is 1. The fraction of sp³-hybridized carbons (Fsp3) is 0. The zero-order valence-electron chi connectivity index (χ0n) is 7.46. The normalized spacial score (nSPS) is 10.2. The Labute approximate surface area is 98.9 Å². The van der Waals surface area contributed by atoms with Gasteiger partial charge >= 0.3 is 5.97 Å². The minimum Gasteiger partial charge on any atom is -0.477 e. The van der Waals surface area contributed by atoms with Crippen LogP contribution in [0.5, 0.6) is 0 Å². The zero-order valence-corrected chi connectivity index (χ0v) is 9.62. The van der Waals surface area contributed by atoms with Crippen molar-refractivity contribution in [1.82, 2.24) is 14.8 Å². The predicted molar refractivity (Wildman–Crippen MR) is 61.0 cm³/mol. The van der Waals surface area contributed by atoms with Crippen LogP contribution in [0.25, 0.3) is 5.69 Å². The molecule has 2 aromatic heterocycles. The molecule has 0 amide bonds. The minimum atomic E-state index is -1.04. The lowest BCUT2D eigenvalue weighted by molar-refractivity contribution is 0.0690. The van der Waals surface area contributed by atoms with E-state index in [1.54, 1.807) is 16.9 Å². The molecule has 0 bridgehead atoms. The molecule has 0 saturated heterocycles. The van der Waals surface area contributed by atoms with Gasteiger partial charge in [0.25, 0.3) is 0 Å². The molecule has 0 fully saturated rings. The summed E-state index contributed by atoms with van der Waals surface area (Å²) in [6.45, 7) is 0. The molecular weight excluding hydrogens is 309 g/mol. The third-order valence-corrected chi connectivity index (χ3v) is 2.34. The Morgan fingerprint density at radius 1 is 1.53 bits per heavy atom. The highest BCUT2D eigenvalue weighted by atomic mass is 127. The first kappa shape index (κ1) is 10.1. The average Bonchev–Trinajstić information content (AvgIpc) is 2.65. The molecule has 0 aromatic carbocycles. The molecule has 0 unspecified atom stereocenters. The molecule has 5 nitrogen and oxygen atoms in total. The van der Waals surface area contributed by atoms with Crippen molar-refractivity contribution >= 4 is 28.6 Å². The molecule has 0 atom stereocenters. The molecule has 0 radical (unpaired) electrons. The van der Waals surface area contributed by atoms with Gasteiger partial charge in [-0.25, -0.2) is 14.5 Å². The quantitative estimate of drug-likeness (QED) is 0.854. The van der Waals surface area contributed by atoms with Crippen molar-refractivity contribution in [3.05, 3.63) is 40.0 Å². The molecular formula is C9H6IN3O2. The van der Waals surface area contributed by atoms with E-state index in [9.17, 15) is 4.79 Å². The molecule has 15 heavy (non-hydrogen) atoms. The highest BCUT2D eigenvalue weighted by Gasteiger charge is 2.06. The van der Waals surface area contributed by atoms with E-state index >= 15 is 0 Å². The number of carboxylic acids is 1. The number of carboxylic acid groups (broad SMARTS) is 1. The summed E-state index contributed by atoms with van der Waals surface area (Å²) in [4.78, 5) is 14.4. The van der Waals surface area contributed by atoms with E-state index in [2.05, 4.69) is 32.7 Å². The Bertz CT molecular complexity index is 510. The van der Waals surface area contributed by atoms with E-state index < -0.39 is 5.97 Å². The lowest BCUT2D eigenvalue weighted by Gasteiger charge is -2.00. The molecule has 2 aromatic rings. The maximum absolute atomic E-state index is 10.7. The van der Waals surface area contributed by atoms with E-state index in [4.69, 9.17) is 5.11 Å². The Balaban J connectivity index is 2.45. The van der Waals surface area contributed by atoms with Gasteiger partial charge in [-0.05, 0) is 34.7 Å². The zero-order chi connectivity index (χ0) is 10.8. The summed E-state index contributed by atoms with van der Waals surface area (Å²) in [6, 6.07) is 3.18. The van der Waals surface area contributed by atoms with Gasteiger partial charge in [-0.2, -0.15) is 5.10 Å². The van der Waals surface area contributed by atoms with Crippen LogP contribution in [0.4, 0.5) is 0 Å². The van der Waals surface area contributed by atoms with Gasteiger partial charge in [0.1, 0.15) is 5.69 Å². The number of hydrogen-bond acceptors (Lipinski definition) is 3. The Morgan fingerprint density at radius 3 is 2.93 bits per heavy atom. The largest absolute Gasteiger partial charge is 0.477 e. The van der Waals surface area contributed by atoms with Gasteiger partial charge in [-0.1, -0.05) is 0 Å². The van der Waals surface area contributed by atoms with Gasteiger partial charge in [-0.15, -0.1) is 0 Å². The van der Waals surface area contributed by atoms with Crippen LogP contribution in [0.1, 0.15) is 10.5 Å². The van der Waals surface area contributed by atoms with E-state index in [0.29, 0.717) is 5.69 Å². The van der Waals surface area contributed by atoms with E-state index in [1.165, 1.54) is 12.3 Å². The van der Waals surface area contributed by atoms with Crippen LogP contribution in [0.2, 0.25) is 0 Å². The monoisotopic (exact) mass is 315 g/mol. The summed E-state index contributed by atoms with van der Waals surface area (Å²) in [6.07, 6.45) is 4.95. The Morgan fingerprint density at radius 2 is 2.33 bits per heavy atom. The standard InChI is InChI=1S/C9H6IN3O2/c10-6-4-12-13(5-6)7-1-2-11-8(3-7)9(14)15/h1-5H,(H,14,15). The highest BCUT2D eigenvalue weighted by Crippen LogP contribution is 2.10. The van der Waals surface area contributed by atoms with Crippen LogP contribution in [0, 0.1) is 3.57 Å². The second-order valence-corrected chi connectivity index (χ2v) is 4.05. The highest BCUT2D eigenvalue weighted by molar-refractivity contribution is 14.1. The van der Waals surface area contributed by atoms with Crippen LogP contribution < -0.4 is 0 Å². The van der Waals surface area contributed by atoms with Gasteiger partial charge in [0.15, 0.2) is 0 Å². The number of halogens is 1. The molecule has 0 aliphatic rings. The van der Waals surface area contributed by atoms with Crippen LogP contribution in [0.3, 0.4) is 0 Å². The summed E-state index contributed by atoms with van der Waals surface area (Å²) >= 11 is 2.13. The molecule has 0 saturated carbocycles. The van der Waals surface area contributed by atoms with Crippen molar-refractivity contribution < 1.29 is 9.90 Å². The van der Waals surface area contributed by atoms with Crippen molar-refractivity contribution in [3.63, 3.8) is 0 Å². The van der Waals surface area contributed by atoms with Crippen LogP contribution >= 0.6 is 22.6 Å². The van der Waals surface area contributed by atoms with Crippen molar-refractivity contribution in [3.8, 4) is 5.69 Å². The third-order valence-electron chi connectivity index (χ3n) is 1.78. The number of nitrogens with zero attached hydrogens (tertiary/aromatic N) is 3. The second kappa shape index (κ2) is 3.97. The molecule has 0 aliphatic carbocycles. The predicted octanol–water partition coefficient (Wildman–Crippen LogP) is 1.57. The van der Waals surface area contributed by atoms with Crippen LogP contribution in [-0.2, 0) is 0 Å². The molecule has 2 rings (SSSR count). The van der Waals surface area contributed by atoms with Gasteiger partial charge in [0.05, 0.1) is 15.5 Å². The van der Waals surface area contributed by atoms with Crippen molar-refractivity contribution in [2.75, 3.05) is 0 Å². The van der Waals surface area contributed by atoms with E-state index in [0.717, 1.165) is 3.57 Å². The Hall–Kier alpha value is -1.44. The van der Waals surface area contributed by atoms with Gasteiger partial charge in [0.2, 0.25) is 0 Å². The lowest BCUT2D eigenvalue weighted by atomic mass is 10.3. The first-order chi connectivity index (χ1) is 7.16. The summed E-state index contributed by atoms with van der Waals surface area (Å²) in [5, 5.41) is 12.8. The summed E-state index contributed by atoms with van der Waals surface area (Å²) < 4.78 is 2.59. The molecule has 76 valence electrons. The van der Waals surface area contributed by atoms with Crippen molar-refractivity contribution in [2.24, 2.45) is 0 Å². The van der Waals surface area contributed by atoms with Crippen LogP contribution in [-0.4, -0.2) is 25.8 Å². The third kappa shape index (κ3) is 2.14. The number of aromatic nitrogens is 3. The number of pyridine rings is 1. The lowest BCUT2D eigenvalue weighted by Crippen LogP contribution is -2.02. The van der Waals surface area contributed by atoms with Crippen molar-refractivity contribution in [2.45, 2.75) is 0 Å². The van der Waals surface area contributed by atoms with Crippen molar-refractivity contribution in [1.29, 1.82) is 0 Å².